The topological polar surface area (TPSA) is 83.6 Å². The van der Waals surface area contributed by atoms with Gasteiger partial charge in [-0.3, -0.25) is 9.59 Å². The first-order valence-corrected chi connectivity index (χ1v) is 3.99. The van der Waals surface area contributed by atoms with E-state index in [0.29, 0.717) is 4.90 Å². The highest BCUT2D eigenvalue weighted by Gasteiger charge is 2.40. The SMILES string of the molecule is NC(=O)C1CC(O)CN1C(=O)C(F)F. The number of hydrogen-bond acceptors (Lipinski definition) is 3. The van der Waals surface area contributed by atoms with Crippen LogP contribution in [0.3, 0.4) is 0 Å². The van der Waals surface area contributed by atoms with Crippen molar-refractivity contribution in [1.82, 2.24) is 4.90 Å². The van der Waals surface area contributed by atoms with Gasteiger partial charge in [-0.1, -0.05) is 0 Å². The summed E-state index contributed by atoms with van der Waals surface area (Å²) in [5.41, 5.74) is 4.90. The second-order valence-corrected chi connectivity index (χ2v) is 3.10. The third-order valence-corrected chi connectivity index (χ3v) is 2.08. The molecular formula is C7H10F2N2O3. The Morgan fingerprint density at radius 2 is 2.07 bits per heavy atom. The van der Waals surface area contributed by atoms with Crippen molar-refractivity contribution in [1.29, 1.82) is 0 Å². The van der Waals surface area contributed by atoms with Crippen LogP contribution in [0.15, 0.2) is 0 Å². The van der Waals surface area contributed by atoms with Crippen LogP contribution in [0.25, 0.3) is 0 Å². The summed E-state index contributed by atoms with van der Waals surface area (Å²) in [7, 11) is 0. The first-order valence-electron chi connectivity index (χ1n) is 3.99. The number of hydrogen-bond donors (Lipinski definition) is 2. The van der Waals surface area contributed by atoms with E-state index < -0.39 is 30.4 Å². The number of primary amides is 1. The van der Waals surface area contributed by atoms with E-state index in [-0.39, 0.29) is 13.0 Å². The number of β-amino-alcohol motifs (C(OH)–C–C–N with tert-alkyl or cyclic N) is 1. The molecule has 1 saturated heterocycles. The van der Waals surface area contributed by atoms with Gasteiger partial charge < -0.3 is 15.7 Å². The molecule has 0 aromatic rings. The number of carbonyl (C=O) groups is 2. The molecule has 1 fully saturated rings. The highest BCUT2D eigenvalue weighted by atomic mass is 19.3. The molecule has 1 aliphatic rings. The van der Waals surface area contributed by atoms with Crippen molar-refractivity contribution in [2.24, 2.45) is 5.73 Å². The summed E-state index contributed by atoms with van der Waals surface area (Å²) in [5.74, 6) is -2.35. The number of nitrogens with two attached hydrogens (primary N) is 1. The molecular weight excluding hydrogens is 198 g/mol. The molecule has 5 nitrogen and oxygen atoms in total. The monoisotopic (exact) mass is 208 g/mol. The van der Waals surface area contributed by atoms with Crippen LogP contribution in [0.4, 0.5) is 8.78 Å². The van der Waals surface area contributed by atoms with Gasteiger partial charge in [-0.2, -0.15) is 8.78 Å². The predicted octanol–water partition coefficient (Wildman–Crippen LogP) is -1.30. The van der Waals surface area contributed by atoms with Crippen molar-refractivity contribution in [3.05, 3.63) is 0 Å². The Morgan fingerprint density at radius 1 is 1.50 bits per heavy atom. The second kappa shape index (κ2) is 3.87. The third-order valence-electron chi connectivity index (χ3n) is 2.08. The summed E-state index contributed by atoms with van der Waals surface area (Å²) in [4.78, 5) is 22.2. The zero-order chi connectivity index (χ0) is 10.9. The fraction of sp³-hybridized carbons (Fsp3) is 0.714. The quantitative estimate of drug-likeness (QED) is 0.591. The number of alkyl halides is 2. The molecule has 0 saturated carbocycles. The third kappa shape index (κ3) is 1.98. The predicted molar refractivity (Wildman–Crippen MR) is 41.3 cm³/mol. The maximum Gasteiger partial charge on any atom is 0.315 e. The van der Waals surface area contributed by atoms with E-state index in [1.165, 1.54) is 0 Å². The van der Waals surface area contributed by atoms with E-state index in [9.17, 15) is 18.4 Å². The summed E-state index contributed by atoms with van der Waals surface area (Å²) >= 11 is 0. The van der Waals surface area contributed by atoms with Crippen molar-refractivity contribution in [2.75, 3.05) is 6.54 Å². The van der Waals surface area contributed by atoms with Crippen LogP contribution in [0, 0.1) is 0 Å². The number of carbonyl (C=O) groups excluding carboxylic acids is 2. The molecule has 2 atom stereocenters. The standard InChI is InChI=1S/C7H10F2N2O3/c8-5(9)7(14)11-2-3(12)1-4(11)6(10)13/h3-5,12H,1-2H2,(H2,10,13). The summed E-state index contributed by atoms with van der Waals surface area (Å²) in [5, 5.41) is 9.10. The maximum atomic E-state index is 12.0. The highest BCUT2D eigenvalue weighted by molar-refractivity contribution is 5.88. The van der Waals surface area contributed by atoms with Gasteiger partial charge in [0.05, 0.1) is 6.10 Å². The Morgan fingerprint density at radius 3 is 2.50 bits per heavy atom. The van der Waals surface area contributed by atoms with Gasteiger partial charge in [0.2, 0.25) is 5.91 Å². The average molecular weight is 208 g/mol. The van der Waals surface area contributed by atoms with E-state index in [4.69, 9.17) is 10.8 Å². The van der Waals surface area contributed by atoms with Crippen LogP contribution in [0.2, 0.25) is 0 Å². The van der Waals surface area contributed by atoms with Crippen molar-refractivity contribution in [3.8, 4) is 0 Å². The van der Waals surface area contributed by atoms with E-state index >= 15 is 0 Å². The van der Waals surface area contributed by atoms with Gasteiger partial charge in [0.1, 0.15) is 6.04 Å². The van der Waals surface area contributed by atoms with Gasteiger partial charge >= 0.3 is 6.43 Å². The Kier molecular flexibility index (Phi) is 3.00. The summed E-state index contributed by atoms with van der Waals surface area (Å²) in [6.45, 7) is -0.267. The smallest absolute Gasteiger partial charge is 0.315 e. The molecule has 0 bridgehead atoms. The molecule has 80 valence electrons. The lowest BCUT2D eigenvalue weighted by Gasteiger charge is -2.20. The van der Waals surface area contributed by atoms with Crippen LogP contribution in [-0.4, -0.2) is 46.9 Å². The summed E-state index contributed by atoms with van der Waals surface area (Å²) in [6, 6.07) is -1.12. The minimum absolute atomic E-state index is 0.0756. The first-order chi connectivity index (χ1) is 6.43. The molecule has 2 amide bonds. The van der Waals surface area contributed by atoms with Gasteiger partial charge in [0, 0.05) is 13.0 Å². The summed E-state index contributed by atoms with van der Waals surface area (Å²) in [6.07, 6.45) is -4.22. The van der Waals surface area contributed by atoms with Gasteiger partial charge in [-0.05, 0) is 0 Å². The van der Waals surface area contributed by atoms with Gasteiger partial charge in [0.25, 0.3) is 5.91 Å². The van der Waals surface area contributed by atoms with Gasteiger partial charge in [-0.25, -0.2) is 0 Å². The zero-order valence-electron chi connectivity index (χ0n) is 7.19. The normalized spacial score (nSPS) is 27.0. The largest absolute Gasteiger partial charge is 0.391 e. The van der Waals surface area contributed by atoms with E-state index in [1.54, 1.807) is 0 Å². The van der Waals surface area contributed by atoms with Crippen molar-refractivity contribution >= 4 is 11.8 Å². The van der Waals surface area contributed by atoms with Gasteiger partial charge in [0.15, 0.2) is 0 Å². The fourth-order valence-corrected chi connectivity index (χ4v) is 1.45. The highest BCUT2D eigenvalue weighted by Crippen LogP contribution is 2.19. The fourth-order valence-electron chi connectivity index (χ4n) is 1.45. The van der Waals surface area contributed by atoms with Crippen LogP contribution in [0.5, 0.6) is 0 Å². The number of likely N-dealkylation sites (tertiary alicyclic amines) is 1. The number of nitrogens with zero attached hydrogens (tertiary/aromatic N) is 1. The molecule has 0 aliphatic carbocycles. The van der Waals surface area contributed by atoms with E-state index in [1.807, 2.05) is 0 Å². The minimum Gasteiger partial charge on any atom is -0.391 e. The van der Waals surface area contributed by atoms with Crippen LogP contribution >= 0.6 is 0 Å². The zero-order valence-corrected chi connectivity index (χ0v) is 7.19. The number of halogens is 2. The summed E-state index contributed by atoms with van der Waals surface area (Å²) < 4.78 is 24.0. The molecule has 1 aliphatic heterocycles. The maximum absolute atomic E-state index is 12.0. The molecule has 14 heavy (non-hydrogen) atoms. The van der Waals surface area contributed by atoms with Crippen LogP contribution in [0.1, 0.15) is 6.42 Å². The molecule has 0 spiro atoms. The number of aliphatic hydroxyl groups is 1. The number of aliphatic hydroxyl groups excluding tert-OH is 1. The van der Waals surface area contributed by atoms with Crippen molar-refractivity contribution in [3.63, 3.8) is 0 Å². The Labute approximate surface area is 78.5 Å². The molecule has 1 heterocycles. The second-order valence-electron chi connectivity index (χ2n) is 3.10. The Hall–Kier alpha value is -1.24. The van der Waals surface area contributed by atoms with Gasteiger partial charge in [-0.15, -0.1) is 0 Å². The molecule has 3 N–H and O–H groups in total. The first kappa shape index (κ1) is 10.8. The molecule has 0 aromatic heterocycles. The van der Waals surface area contributed by atoms with Crippen LogP contribution in [-0.2, 0) is 9.59 Å². The number of amides is 2. The van der Waals surface area contributed by atoms with Crippen molar-refractivity contribution < 1.29 is 23.5 Å². The molecule has 2 unspecified atom stereocenters. The van der Waals surface area contributed by atoms with Crippen molar-refractivity contribution in [2.45, 2.75) is 25.0 Å². The minimum atomic E-state index is -3.18. The lowest BCUT2D eigenvalue weighted by atomic mass is 10.2. The Balaban J connectivity index is 2.76. The average Bonchev–Trinajstić information content (AvgIpc) is 2.45. The number of rotatable bonds is 2. The molecule has 7 heteroatoms. The van der Waals surface area contributed by atoms with Crippen LogP contribution < -0.4 is 5.73 Å². The molecule has 0 aromatic carbocycles. The van der Waals surface area contributed by atoms with E-state index in [2.05, 4.69) is 0 Å². The lowest BCUT2D eigenvalue weighted by molar-refractivity contribution is -0.146. The molecule has 0 radical (unpaired) electrons. The Bertz CT molecular complexity index is 259. The molecule has 1 rings (SSSR count). The van der Waals surface area contributed by atoms with E-state index in [0.717, 1.165) is 0 Å². The lowest BCUT2D eigenvalue weighted by Crippen LogP contribution is -2.46.